The first kappa shape index (κ1) is 17.5. The summed E-state index contributed by atoms with van der Waals surface area (Å²) < 4.78 is 22.8. The molecule has 1 aromatic heterocycles. The maximum absolute atomic E-state index is 10.3. The summed E-state index contributed by atoms with van der Waals surface area (Å²) in [6.07, 6.45) is 1.16. The summed E-state index contributed by atoms with van der Waals surface area (Å²) in [6, 6.07) is 7.24. The normalized spacial score (nSPS) is 19.4. The van der Waals surface area contributed by atoms with Gasteiger partial charge in [0.2, 0.25) is 11.6 Å². The minimum absolute atomic E-state index is 0.232. The molecule has 1 aliphatic heterocycles. The number of hydrogen-bond donors (Lipinski definition) is 1. The molecule has 0 saturated heterocycles. The molecule has 8 heteroatoms. The van der Waals surface area contributed by atoms with Crippen LogP contribution in [0.5, 0.6) is 23.1 Å². The minimum Gasteiger partial charge on any atom is -0.493 e. The molecule has 6 nitrogen and oxygen atoms in total. The van der Waals surface area contributed by atoms with Crippen LogP contribution in [-0.2, 0) is 5.40 Å². The molecule has 0 saturated carbocycles. The largest absolute Gasteiger partial charge is 0.493 e. The van der Waals surface area contributed by atoms with Crippen LogP contribution in [-0.4, -0.2) is 46.1 Å². The van der Waals surface area contributed by atoms with Crippen molar-refractivity contribution in [1.29, 1.82) is 0 Å². The highest BCUT2D eigenvalue weighted by atomic mass is 16.6. The lowest BCUT2D eigenvalue weighted by molar-refractivity contribution is 0.0275. The average molecular weight is 341 g/mol. The summed E-state index contributed by atoms with van der Waals surface area (Å²) >= 11 is 0. The Labute approximate surface area is 148 Å². The van der Waals surface area contributed by atoms with Crippen molar-refractivity contribution >= 4 is 15.7 Å². The zero-order chi connectivity index (χ0) is 18.2. The first-order chi connectivity index (χ1) is 11.8. The van der Waals surface area contributed by atoms with E-state index in [1.807, 2.05) is 13.0 Å². The molecule has 0 unspecified atom stereocenters. The second-order valence-corrected chi connectivity index (χ2v) is 6.56. The van der Waals surface area contributed by atoms with E-state index in [2.05, 4.69) is 4.98 Å². The lowest BCUT2D eigenvalue weighted by Crippen LogP contribution is -2.32. The Hall–Kier alpha value is -2.34. The lowest BCUT2D eigenvalue weighted by atomic mass is 9.61. The number of fused-ring (bicyclic) bond motifs is 1. The Morgan fingerprint density at radius 2 is 1.92 bits per heavy atom. The maximum atomic E-state index is 10.3. The summed E-state index contributed by atoms with van der Waals surface area (Å²) in [6.45, 7) is 1.93. The molecule has 0 fully saturated rings. The molecule has 130 valence electrons. The third kappa shape index (κ3) is 3.39. The van der Waals surface area contributed by atoms with Crippen LogP contribution in [0, 0.1) is 0 Å². The molecule has 1 N–H and O–H groups in total. The van der Waals surface area contributed by atoms with Gasteiger partial charge in [0.25, 0.3) is 0 Å². The lowest BCUT2D eigenvalue weighted by Gasteiger charge is -2.34. The van der Waals surface area contributed by atoms with Crippen LogP contribution in [0.4, 0.5) is 0 Å². The Bertz CT molecular complexity index is 761. The number of nitrogens with zero attached hydrogens (tertiary/aromatic N) is 1. The zero-order valence-electron chi connectivity index (χ0n) is 15.1. The van der Waals surface area contributed by atoms with E-state index >= 15 is 0 Å². The van der Waals surface area contributed by atoms with Crippen molar-refractivity contribution < 1.29 is 24.1 Å². The van der Waals surface area contributed by atoms with Crippen LogP contribution in [0.15, 0.2) is 30.5 Å². The van der Waals surface area contributed by atoms with Gasteiger partial charge < -0.3 is 24.1 Å². The van der Waals surface area contributed by atoms with Crippen LogP contribution in [0.1, 0.15) is 24.2 Å². The summed E-state index contributed by atoms with van der Waals surface area (Å²) in [5.74, 6) is 2.14. The topological polar surface area (TPSA) is 70.0 Å². The van der Waals surface area contributed by atoms with E-state index in [9.17, 15) is 5.11 Å². The van der Waals surface area contributed by atoms with E-state index in [-0.39, 0.29) is 12.2 Å². The number of aliphatic hydroxyl groups is 1. The fourth-order valence-corrected chi connectivity index (χ4v) is 2.79. The van der Waals surface area contributed by atoms with Crippen LogP contribution >= 0.6 is 0 Å². The van der Waals surface area contributed by atoms with Crippen LogP contribution < -0.4 is 18.9 Å². The van der Waals surface area contributed by atoms with Gasteiger partial charge in [-0.2, -0.15) is 0 Å². The molecular formula is C17H21B2NO5. The molecule has 0 radical (unpaired) electrons. The van der Waals surface area contributed by atoms with E-state index in [0.29, 0.717) is 28.7 Å². The minimum atomic E-state index is -1.01. The molecule has 2 aromatic rings. The quantitative estimate of drug-likeness (QED) is 0.811. The molecule has 2 atom stereocenters. The van der Waals surface area contributed by atoms with Crippen molar-refractivity contribution in [3.8, 4) is 23.1 Å². The number of methoxy groups -OCH3 is 2. The van der Waals surface area contributed by atoms with Crippen LogP contribution in [0.25, 0.3) is 0 Å². The summed E-state index contributed by atoms with van der Waals surface area (Å²) in [5.41, 5.74) is 1.58. The van der Waals surface area contributed by atoms with Gasteiger partial charge in [-0.3, -0.25) is 0 Å². The molecule has 1 aromatic carbocycles. The van der Waals surface area contributed by atoms with Crippen molar-refractivity contribution in [2.24, 2.45) is 0 Å². The Balaban J connectivity index is 1.98. The van der Waals surface area contributed by atoms with Crippen molar-refractivity contribution in [2.45, 2.75) is 24.5 Å². The standard InChI is InChI=1S/C17H21B2NO5/c1-9-15(10-4-5-14(23-3)20-8-10)25-16-12(22-2)6-11(17(18,19)21)7-13(16)24-9/h4-9,15,21H,18-19H2,1-3H3/t9-,15+/m0/s1. The third-order valence-electron chi connectivity index (χ3n) is 4.23. The maximum Gasteiger partial charge on any atom is 0.212 e. The fourth-order valence-electron chi connectivity index (χ4n) is 2.79. The van der Waals surface area contributed by atoms with E-state index in [0.717, 1.165) is 5.56 Å². The van der Waals surface area contributed by atoms with Crippen LogP contribution in [0.3, 0.4) is 0 Å². The second kappa shape index (κ2) is 6.52. The molecule has 25 heavy (non-hydrogen) atoms. The molecule has 2 heterocycles. The number of benzene rings is 1. The van der Waals surface area contributed by atoms with E-state index in [1.165, 1.54) is 0 Å². The average Bonchev–Trinajstić information content (AvgIpc) is 2.59. The SMILES string of the molecule is BC(B)(O)c1cc(OC)c2c(c1)O[C@@H](C)[C@H](c1ccc(OC)nc1)O2. The van der Waals surface area contributed by atoms with Gasteiger partial charge in [-0.1, -0.05) is 0 Å². The number of aromatic nitrogens is 1. The molecule has 0 bridgehead atoms. The molecule has 0 spiro atoms. The molecule has 1 aliphatic rings. The van der Waals surface area contributed by atoms with Crippen molar-refractivity contribution in [2.75, 3.05) is 14.2 Å². The number of rotatable bonds is 4. The summed E-state index contributed by atoms with van der Waals surface area (Å²) in [7, 11) is 6.57. The van der Waals surface area contributed by atoms with Gasteiger partial charge in [0.05, 0.1) is 14.2 Å². The highest BCUT2D eigenvalue weighted by molar-refractivity contribution is 6.38. The van der Waals surface area contributed by atoms with Gasteiger partial charge in [0.15, 0.2) is 17.6 Å². The first-order valence-corrected chi connectivity index (χ1v) is 8.11. The fraction of sp³-hybridized carbons (Fsp3) is 0.353. The van der Waals surface area contributed by atoms with Gasteiger partial charge in [0.1, 0.15) is 21.8 Å². The number of ether oxygens (including phenoxy) is 4. The Morgan fingerprint density at radius 3 is 2.48 bits per heavy atom. The predicted molar refractivity (Wildman–Crippen MR) is 98.2 cm³/mol. The van der Waals surface area contributed by atoms with Gasteiger partial charge in [-0.05, 0) is 30.7 Å². The van der Waals surface area contributed by atoms with E-state index in [4.69, 9.17) is 18.9 Å². The Morgan fingerprint density at radius 1 is 1.16 bits per heavy atom. The third-order valence-corrected chi connectivity index (χ3v) is 4.23. The van der Waals surface area contributed by atoms with Crippen LogP contribution in [0.2, 0.25) is 0 Å². The predicted octanol–water partition coefficient (Wildman–Crippen LogP) is 0.369. The molecule has 3 rings (SSSR count). The summed E-state index contributed by atoms with van der Waals surface area (Å²) in [5, 5.41) is 9.28. The number of pyridine rings is 1. The van der Waals surface area contributed by atoms with Crippen molar-refractivity contribution in [3.63, 3.8) is 0 Å². The van der Waals surface area contributed by atoms with Gasteiger partial charge in [0, 0.05) is 23.2 Å². The van der Waals surface area contributed by atoms with Gasteiger partial charge >= 0.3 is 0 Å². The van der Waals surface area contributed by atoms with Gasteiger partial charge in [-0.15, -0.1) is 0 Å². The second-order valence-electron chi connectivity index (χ2n) is 6.56. The smallest absolute Gasteiger partial charge is 0.212 e. The van der Waals surface area contributed by atoms with Gasteiger partial charge in [-0.25, -0.2) is 4.98 Å². The first-order valence-electron chi connectivity index (χ1n) is 8.11. The highest BCUT2D eigenvalue weighted by Gasteiger charge is 2.33. The van der Waals surface area contributed by atoms with E-state index < -0.39 is 5.40 Å². The van der Waals surface area contributed by atoms with E-state index in [1.54, 1.807) is 54.3 Å². The Kier molecular flexibility index (Phi) is 4.56. The summed E-state index contributed by atoms with van der Waals surface area (Å²) in [4.78, 5) is 4.23. The van der Waals surface area contributed by atoms with Crippen molar-refractivity contribution in [3.05, 3.63) is 41.6 Å². The monoisotopic (exact) mass is 341 g/mol. The zero-order valence-corrected chi connectivity index (χ0v) is 15.1. The molecule has 0 aliphatic carbocycles. The molecular weight excluding hydrogens is 320 g/mol. The highest BCUT2D eigenvalue weighted by Crippen LogP contribution is 2.47. The molecule has 0 amide bonds. The van der Waals surface area contributed by atoms with Crippen molar-refractivity contribution in [1.82, 2.24) is 4.98 Å². The number of hydrogen-bond acceptors (Lipinski definition) is 6.